The first-order chi connectivity index (χ1) is 9.08. The Morgan fingerprint density at radius 3 is 2.84 bits per heavy atom. The highest BCUT2D eigenvalue weighted by Gasteiger charge is 2.13. The first-order valence-corrected chi connectivity index (χ1v) is 6.13. The molecule has 0 aliphatic rings. The number of rotatable bonds is 4. The van der Waals surface area contributed by atoms with Gasteiger partial charge < -0.3 is 14.8 Å². The van der Waals surface area contributed by atoms with Crippen LogP contribution in [0.25, 0.3) is 0 Å². The fourth-order valence-corrected chi connectivity index (χ4v) is 1.85. The molecule has 1 atom stereocenters. The minimum absolute atomic E-state index is 0.158. The van der Waals surface area contributed by atoms with Crippen LogP contribution in [0.2, 0.25) is 0 Å². The number of aryl methyl sites for hydroxylation is 2. The molecule has 0 radical (unpaired) electrons. The maximum absolute atomic E-state index is 12.0. The number of hydrogen-bond acceptors (Lipinski definition) is 3. The van der Waals surface area contributed by atoms with Crippen molar-refractivity contribution in [1.29, 1.82) is 0 Å². The molecular formula is C15H17NO3. The van der Waals surface area contributed by atoms with E-state index in [1.807, 2.05) is 32.0 Å². The van der Waals surface area contributed by atoms with Gasteiger partial charge in [-0.25, -0.2) is 0 Å². The molecular weight excluding hydrogens is 242 g/mol. The molecule has 0 spiro atoms. The summed E-state index contributed by atoms with van der Waals surface area (Å²) >= 11 is 0. The van der Waals surface area contributed by atoms with Crippen molar-refractivity contribution in [2.45, 2.75) is 20.0 Å². The largest absolute Gasteiger partial charge is 0.472 e. The molecule has 2 N–H and O–H groups in total. The van der Waals surface area contributed by atoms with E-state index < -0.39 is 6.10 Å². The smallest absolute Gasteiger partial charge is 0.251 e. The van der Waals surface area contributed by atoms with Crippen molar-refractivity contribution >= 4 is 5.91 Å². The van der Waals surface area contributed by atoms with Crippen LogP contribution in [0.1, 0.15) is 33.2 Å². The molecule has 1 aromatic carbocycles. The van der Waals surface area contributed by atoms with Gasteiger partial charge in [0.1, 0.15) is 0 Å². The fourth-order valence-electron chi connectivity index (χ4n) is 1.85. The molecule has 2 aromatic rings. The first kappa shape index (κ1) is 13.4. The molecule has 1 amide bonds. The molecule has 19 heavy (non-hydrogen) atoms. The molecule has 0 aliphatic carbocycles. The summed E-state index contributed by atoms with van der Waals surface area (Å²) in [6.07, 6.45) is 2.20. The lowest BCUT2D eigenvalue weighted by Crippen LogP contribution is -2.28. The number of carbonyl (C=O) groups excluding carboxylic acids is 1. The van der Waals surface area contributed by atoms with Gasteiger partial charge in [-0.15, -0.1) is 0 Å². The van der Waals surface area contributed by atoms with Gasteiger partial charge in [0.05, 0.1) is 18.6 Å². The Bertz CT molecular complexity index is 561. The van der Waals surface area contributed by atoms with E-state index >= 15 is 0 Å². The van der Waals surface area contributed by atoms with Gasteiger partial charge in [-0.05, 0) is 31.5 Å². The second-order valence-corrected chi connectivity index (χ2v) is 4.60. The van der Waals surface area contributed by atoms with Gasteiger partial charge in [0.15, 0.2) is 0 Å². The van der Waals surface area contributed by atoms with Gasteiger partial charge in [0.25, 0.3) is 5.91 Å². The van der Waals surface area contributed by atoms with E-state index in [1.54, 1.807) is 6.07 Å². The van der Waals surface area contributed by atoms with E-state index in [4.69, 9.17) is 4.42 Å². The minimum atomic E-state index is -0.757. The lowest BCUT2D eigenvalue weighted by molar-refractivity contribution is 0.0915. The molecule has 1 heterocycles. The van der Waals surface area contributed by atoms with E-state index in [0.29, 0.717) is 11.1 Å². The normalized spacial score (nSPS) is 12.2. The summed E-state index contributed by atoms with van der Waals surface area (Å²) in [5.41, 5.74) is 3.24. The van der Waals surface area contributed by atoms with Crippen LogP contribution in [-0.4, -0.2) is 17.6 Å². The van der Waals surface area contributed by atoms with Crippen LogP contribution < -0.4 is 5.32 Å². The average Bonchev–Trinajstić information content (AvgIpc) is 2.92. The third-order valence-electron chi connectivity index (χ3n) is 3.02. The summed E-state index contributed by atoms with van der Waals surface area (Å²) in [6, 6.07) is 7.40. The molecule has 4 nitrogen and oxygen atoms in total. The van der Waals surface area contributed by atoms with Crippen molar-refractivity contribution < 1.29 is 14.3 Å². The molecule has 100 valence electrons. The Hall–Kier alpha value is -2.07. The number of aliphatic hydroxyl groups excluding tert-OH is 1. The van der Waals surface area contributed by atoms with Gasteiger partial charge in [-0.2, -0.15) is 0 Å². The van der Waals surface area contributed by atoms with Crippen molar-refractivity contribution in [2.75, 3.05) is 6.54 Å². The maximum Gasteiger partial charge on any atom is 0.251 e. The van der Waals surface area contributed by atoms with E-state index in [-0.39, 0.29) is 12.5 Å². The lowest BCUT2D eigenvalue weighted by atomic mass is 10.0. The average molecular weight is 259 g/mol. The van der Waals surface area contributed by atoms with Crippen molar-refractivity contribution in [2.24, 2.45) is 0 Å². The summed E-state index contributed by atoms with van der Waals surface area (Å²) in [5.74, 6) is -0.177. The van der Waals surface area contributed by atoms with Crippen LogP contribution in [0.3, 0.4) is 0 Å². The molecule has 0 fully saturated rings. The van der Waals surface area contributed by atoms with Crippen LogP contribution >= 0.6 is 0 Å². The zero-order chi connectivity index (χ0) is 13.8. The van der Waals surface area contributed by atoms with E-state index in [1.165, 1.54) is 12.5 Å². The standard InChI is InChI=1S/C15H17NO3/c1-10-3-4-11(2)13(7-10)15(18)16-8-14(17)12-5-6-19-9-12/h3-7,9,14,17H,8H2,1-2H3,(H,16,18)/t14-/m0/s1. The summed E-state index contributed by atoms with van der Waals surface area (Å²) in [7, 11) is 0. The van der Waals surface area contributed by atoms with Gasteiger partial charge >= 0.3 is 0 Å². The van der Waals surface area contributed by atoms with E-state index in [9.17, 15) is 9.90 Å². The second-order valence-electron chi connectivity index (χ2n) is 4.60. The molecule has 4 heteroatoms. The Morgan fingerprint density at radius 2 is 2.16 bits per heavy atom. The number of carbonyl (C=O) groups is 1. The summed E-state index contributed by atoms with van der Waals surface area (Å²) < 4.78 is 4.89. The number of benzene rings is 1. The minimum Gasteiger partial charge on any atom is -0.472 e. The van der Waals surface area contributed by atoms with Crippen LogP contribution in [0.15, 0.2) is 41.2 Å². The molecule has 1 aromatic heterocycles. The van der Waals surface area contributed by atoms with Crippen molar-refractivity contribution in [3.05, 3.63) is 59.0 Å². The second kappa shape index (κ2) is 5.71. The van der Waals surface area contributed by atoms with E-state index in [2.05, 4.69) is 5.32 Å². The van der Waals surface area contributed by atoms with Gasteiger partial charge in [-0.3, -0.25) is 4.79 Å². The predicted molar refractivity (Wildman–Crippen MR) is 71.9 cm³/mol. The zero-order valence-electron chi connectivity index (χ0n) is 11.0. The third kappa shape index (κ3) is 3.23. The number of nitrogens with one attached hydrogen (secondary N) is 1. The zero-order valence-corrected chi connectivity index (χ0v) is 11.0. The van der Waals surface area contributed by atoms with Crippen LogP contribution in [0.4, 0.5) is 0 Å². The predicted octanol–water partition coefficient (Wildman–Crippen LogP) is 2.36. The quantitative estimate of drug-likeness (QED) is 0.886. The molecule has 0 saturated heterocycles. The van der Waals surface area contributed by atoms with Crippen molar-refractivity contribution in [3.63, 3.8) is 0 Å². The first-order valence-electron chi connectivity index (χ1n) is 6.13. The number of aliphatic hydroxyl groups is 1. The van der Waals surface area contributed by atoms with Crippen LogP contribution in [0.5, 0.6) is 0 Å². The Labute approximate surface area is 112 Å². The topological polar surface area (TPSA) is 62.5 Å². The molecule has 0 bridgehead atoms. The number of amides is 1. The van der Waals surface area contributed by atoms with Crippen LogP contribution in [0, 0.1) is 13.8 Å². The summed E-state index contributed by atoms with van der Waals surface area (Å²) in [6.45, 7) is 3.99. The van der Waals surface area contributed by atoms with Crippen LogP contribution in [-0.2, 0) is 0 Å². The fraction of sp³-hybridized carbons (Fsp3) is 0.267. The SMILES string of the molecule is Cc1ccc(C)c(C(=O)NC[C@H](O)c2ccoc2)c1. The molecule has 0 unspecified atom stereocenters. The monoisotopic (exact) mass is 259 g/mol. The lowest BCUT2D eigenvalue weighted by Gasteiger charge is -2.11. The maximum atomic E-state index is 12.0. The highest BCUT2D eigenvalue weighted by Crippen LogP contribution is 2.13. The Morgan fingerprint density at radius 1 is 1.37 bits per heavy atom. The van der Waals surface area contributed by atoms with Crippen molar-refractivity contribution in [1.82, 2.24) is 5.32 Å². The highest BCUT2D eigenvalue weighted by molar-refractivity contribution is 5.95. The van der Waals surface area contributed by atoms with Gasteiger partial charge in [0, 0.05) is 17.7 Å². The summed E-state index contributed by atoms with van der Waals surface area (Å²) in [4.78, 5) is 12.0. The number of hydrogen-bond donors (Lipinski definition) is 2. The van der Waals surface area contributed by atoms with Gasteiger partial charge in [-0.1, -0.05) is 17.7 Å². The number of furan rings is 1. The molecule has 0 saturated carbocycles. The van der Waals surface area contributed by atoms with Crippen molar-refractivity contribution in [3.8, 4) is 0 Å². The highest BCUT2D eigenvalue weighted by atomic mass is 16.3. The van der Waals surface area contributed by atoms with Gasteiger partial charge in [0.2, 0.25) is 0 Å². The molecule has 0 aliphatic heterocycles. The third-order valence-corrected chi connectivity index (χ3v) is 3.02. The molecule has 2 rings (SSSR count). The van der Waals surface area contributed by atoms with E-state index in [0.717, 1.165) is 11.1 Å². The summed E-state index contributed by atoms with van der Waals surface area (Å²) in [5, 5.41) is 12.6. The Balaban J connectivity index is 2.00. The Kier molecular flexibility index (Phi) is 4.02.